The van der Waals surface area contributed by atoms with E-state index >= 15 is 4.39 Å². The van der Waals surface area contributed by atoms with Gasteiger partial charge in [0.25, 0.3) is 0 Å². The molecule has 0 atom stereocenters. The third-order valence-corrected chi connectivity index (χ3v) is 6.38. The number of hydrogen-bond donors (Lipinski definition) is 3. The summed E-state index contributed by atoms with van der Waals surface area (Å²) < 4.78 is 30.3. The van der Waals surface area contributed by atoms with E-state index in [9.17, 15) is 9.59 Å². The highest BCUT2D eigenvalue weighted by Crippen LogP contribution is 2.27. The predicted molar refractivity (Wildman–Crippen MR) is 145 cm³/mol. The lowest BCUT2D eigenvalue weighted by atomic mass is 10.1. The molecular formula is C27H28FN7O5. The molecule has 0 saturated carbocycles. The molecule has 3 N–H and O–H groups in total. The van der Waals surface area contributed by atoms with Crippen LogP contribution in [0.1, 0.15) is 5.76 Å². The topological polar surface area (TPSA) is 138 Å². The number of anilines is 3. The van der Waals surface area contributed by atoms with Crippen LogP contribution in [-0.4, -0.2) is 67.0 Å². The average molecular weight is 550 g/mol. The molecule has 3 amide bonds. The monoisotopic (exact) mass is 549 g/mol. The molecule has 1 fully saturated rings. The van der Waals surface area contributed by atoms with Gasteiger partial charge in [0.05, 0.1) is 25.9 Å². The van der Waals surface area contributed by atoms with Crippen molar-refractivity contribution in [3.05, 3.63) is 72.4 Å². The fraction of sp³-hybridized carbons (Fsp3) is 0.259. The zero-order chi connectivity index (χ0) is 27.9. The molecule has 5 rings (SSSR count). The number of ether oxygens (including phenoxy) is 1. The smallest absolute Gasteiger partial charge is 0.319 e. The van der Waals surface area contributed by atoms with Gasteiger partial charge in [0.15, 0.2) is 11.6 Å². The van der Waals surface area contributed by atoms with E-state index in [0.717, 1.165) is 0 Å². The number of carbonyl (C=O) groups excluding carboxylic acids is 2. The van der Waals surface area contributed by atoms with Crippen LogP contribution in [0.5, 0.6) is 5.75 Å². The molecule has 1 saturated heterocycles. The first-order valence-corrected chi connectivity index (χ1v) is 12.6. The first-order valence-electron chi connectivity index (χ1n) is 12.6. The molecule has 13 heteroatoms. The van der Waals surface area contributed by atoms with Crippen molar-refractivity contribution in [1.29, 1.82) is 0 Å². The molecule has 0 bridgehead atoms. The highest BCUT2D eigenvalue weighted by molar-refractivity contribution is 5.92. The van der Waals surface area contributed by atoms with E-state index < -0.39 is 11.8 Å². The Morgan fingerprint density at radius 3 is 2.65 bits per heavy atom. The molecule has 208 valence electrons. The van der Waals surface area contributed by atoms with Crippen molar-refractivity contribution < 1.29 is 27.8 Å². The van der Waals surface area contributed by atoms with Crippen LogP contribution in [-0.2, 0) is 11.3 Å². The van der Waals surface area contributed by atoms with Gasteiger partial charge in [-0.1, -0.05) is 22.4 Å². The van der Waals surface area contributed by atoms with E-state index in [0.29, 0.717) is 72.7 Å². The maximum atomic E-state index is 15.1. The molecule has 2 aromatic heterocycles. The molecule has 40 heavy (non-hydrogen) atoms. The van der Waals surface area contributed by atoms with Crippen molar-refractivity contribution in [2.45, 2.75) is 6.54 Å². The minimum atomic E-state index is -0.493. The number of halogens is 1. The molecule has 3 heterocycles. The fourth-order valence-electron chi connectivity index (χ4n) is 4.28. The summed E-state index contributed by atoms with van der Waals surface area (Å²) in [5.74, 6) is 1.14. The molecule has 0 aliphatic carbocycles. The van der Waals surface area contributed by atoms with Gasteiger partial charge in [-0.3, -0.25) is 4.79 Å². The predicted octanol–water partition coefficient (Wildman–Crippen LogP) is 3.56. The van der Waals surface area contributed by atoms with Crippen LogP contribution in [0.15, 0.2) is 69.9 Å². The van der Waals surface area contributed by atoms with Crippen LogP contribution < -0.4 is 25.6 Å². The van der Waals surface area contributed by atoms with Crippen molar-refractivity contribution in [3.63, 3.8) is 0 Å². The van der Waals surface area contributed by atoms with Crippen molar-refractivity contribution in [1.82, 2.24) is 20.5 Å². The number of nitrogens with zero attached hydrogens (tertiary/aromatic N) is 4. The summed E-state index contributed by atoms with van der Waals surface area (Å²) in [7, 11) is 1.54. The van der Waals surface area contributed by atoms with Crippen molar-refractivity contribution in [2.75, 3.05) is 55.4 Å². The molecule has 4 aromatic rings. The number of rotatable bonds is 9. The number of amides is 3. The third-order valence-electron chi connectivity index (χ3n) is 6.38. The van der Waals surface area contributed by atoms with E-state index in [1.54, 1.807) is 53.4 Å². The Hall–Kier alpha value is -5.07. The zero-order valence-electron chi connectivity index (χ0n) is 21.7. The molecule has 0 unspecified atom stereocenters. The van der Waals surface area contributed by atoms with Gasteiger partial charge in [-0.15, -0.1) is 0 Å². The molecular weight excluding hydrogens is 521 g/mol. The fourth-order valence-corrected chi connectivity index (χ4v) is 4.28. The standard InChI is InChI=1S/C27H28FN7O5/c1-38-20-4-2-3-19(14-20)31-27(37)30-17-26(36)35-10-8-34(9-11-35)24-6-5-18(13-22(24)28)23-15-21(40-32-23)16-29-25-7-12-39-33-25/h2-7,12-15H,8-11,16-17H2,1H3,(H,29,33)(H2,30,31,37). The summed E-state index contributed by atoms with van der Waals surface area (Å²) in [6.45, 7) is 1.94. The summed E-state index contributed by atoms with van der Waals surface area (Å²) >= 11 is 0. The van der Waals surface area contributed by atoms with Crippen LogP contribution >= 0.6 is 0 Å². The number of nitrogens with one attached hydrogen (secondary N) is 3. The molecule has 0 spiro atoms. The maximum Gasteiger partial charge on any atom is 0.319 e. The Morgan fingerprint density at radius 1 is 1.05 bits per heavy atom. The molecule has 2 aromatic carbocycles. The number of urea groups is 1. The van der Waals surface area contributed by atoms with Gasteiger partial charge in [0, 0.05) is 55.6 Å². The van der Waals surface area contributed by atoms with Gasteiger partial charge in [-0.2, -0.15) is 0 Å². The maximum absolute atomic E-state index is 15.1. The van der Waals surface area contributed by atoms with Crippen LogP contribution in [0.3, 0.4) is 0 Å². The number of piperazine rings is 1. The average Bonchev–Trinajstić information content (AvgIpc) is 3.67. The third kappa shape index (κ3) is 6.49. The van der Waals surface area contributed by atoms with Gasteiger partial charge in [-0.05, 0) is 24.3 Å². The second-order valence-corrected chi connectivity index (χ2v) is 8.99. The normalized spacial score (nSPS) is 13.2. The summed E-state index contributed by atoms with van der Waals surface area (Å²) in [4.78, 5) is 28.4. The minimum Gasteiger partial charge on any atom is -0.497 e. The van der Waals surface area contributed by atoms with Gasteiger partial charge in [0.2, 0.25) is 5.91 Å². The lowest BCUT2D eigenvalue weighted by Gasteiger charge is -2.36. The number of carbonyl (C=O) groups is 2. The summed E-state index contributed by atoms with van der Waals surface area (Å²) in [5, 5.41) is 16.1. The first-order chi connectivity index (χ1) is 19.5. The SMILES string of the molecule is COc1cccc(NC(=O)NCC(=O)N2CCN(c3ccc(-c4cc(CNc5ccon5)on4)cc3F)CC2)c1. The van der Waals surface area contributed by atoms with Gasteiger partial charge < -0.3 is 39.5 Å². The van der Waals surface area contributed by atoms with Crippen LogP contribution in [0.2, 0.25) is 0 Å². The number of benzene rings is 2. The summed E-state index contributed by atoms with van der Waals surface area (Å²) in [5.41, 5.74) is 2.10. The Kier molecular flexibility index (Phi) is 8.09. The Morgan fingerprint density at radius 2 is 1.90 bits per heavy atom. The van der Waals surface area contributed by atoms with Gasteiger partial charge >= 0.3 is 6.03 Å². The minimum absolute atomic E-state index is 0.146. The molecule has 1 aliphatic rings. The second kappa shape index (κ2) is 12.2. The summed E-state index contributed by atoms with van der Waals surface area (Å²) in [6.07, 6.45) is 1.46. The molecule has 12 nitrogen and oxygen atoms in total. The largest absolute Gasteiger partial charge is 0.497 e. The van der Waals surface area contributed by atoms with Crippen molar-refractivity contribution >= 4 is 29.1 Å². The number of aromatic nitrogens is 2. The Labute approximate surface area is 229 Å². The van der Waals surface area contributed by atoms with Gasteiger partial charge in [0.1, 0.15) is 23.5 Å². The molecule has 0 radical (unpaired) electrons. The Bertz CT molecular complexity index is 1450. The van der Waals surface area contributed by atoms with Crippen LogP contribution in [0, 0.1) is 5.82 Å². The van der Waals surface area contributed by atoms with Gasteiger partial charge in [-0.25, -0.2) is 9.18 Å². The first kappa shape index (κ1) is 26.5. The van der Waals surface area contributed by atoms with E-state index in [1.807, 2.05) is 4.90 Å². The number of hydrogen-bond acceptors (Lipinski definition) is 9. The van der Waals surface area contributed by atoms with E-state index in [1.165, 1.54) is 19.4 Å². The van der Waals surface area contributed by atoms with E-state index in [2.05, 4.69) is 26.3 Å². The lowest BCUT2D eigenvalue weighted by Crippen LogP contribution is -2.51. The quantitative estimate of drug-likeness (QED) is 0.286. The number of methoxy groups -OCH3 is 1. The lowest BCUT2D eigenvalue weighted by molar-refractivity contribution is -0.130. The summed E-state index contributed by atoms with van der Waals surface area (Å²) in [6, 6.07) is 14.7. The highest BCUT2D eigenvalue weighted by atomic mass is 19.1. The molecule has 1 aliphatic heterocycles. The van der Waals surface area contributed by atoms with Crippen molar-refractivity contribution in [2.24, 2.45) is 0 Å². The zero-order valence-corrected chi connectivity index (χ0v) is 21.7. The highest BCUT2D eigenvalue weighted by Gasteiger charge is 2.23. The van der Waals surface area contributed by atoms with Crippen molar-refractivity contribution in [3.8, 4) is 17.0 Å². The van der Waals surface area contributed by atoms with E-state index in [-0.39, 0.29) is 12.5 Å². The second-order valence-electron chi connectivity index (χ2n) is 8.99. The van der Waals surface area contributed by atoms with Crippen LogP contribution in [0.4, 0.5) is 26.4 Å². The van der Waals surface area contributed by atoms with Crippen LogP contribution in [0.25, 0.3) is 11.3 Å². The van der Waals surface area contributed by atoms with E-state index in [4.69, 9.17) is 13.8 Å². The Balaban J connectivity index is 1.09.